The first-order valence-electron chi connectivity index (χ1n) is 6.46. The summed E-state index contributed by atoms with van der Waals surface area (Å²) < 4.78 is 5.28. The molecule has 0 bridgehead atoms. The summed E-state index contributed by atoms with van der Waals surface area (Å²) in [6, 6.07) is 5.11. The molecule has 1 fully saturated rings. The van der Waals surface area contributed by atoms with Gasteiger partial charge in [-0.3, -0.25) is 4.79 Å². The lowest BCUT2D eigenvalue weighted by atomic mass is 9.79. The Morgan fingerprint density at radius 1 is 1.47 bits per heavy atom. The molecule has 1 heterocycles. The Hall–Kier alpha value is -1.59. The van der Waals surface area contributed by atoms with Gasteiger partial charge in [0, 0.05) is 19.8 Å². The van der Waals surface area contributed by atoms with E-state index < -0.39 is 5.41 Å². The molecule has 0 aromatic heterocycles. The molecule has 0 unspecified atom stereocenters. The van der Waals surface area contributed by atoms with Gasteiger partial charge >= 0.3 is 0 Å². The van der Waals surface area contributed by atoms with Crippen LogP contribution >= 0.6 is 0 Å². The van der Waals surface area contributed by atoms with Gasteiger partial charge in [0.2, 0.25) is 5.91 Å². The van der Waals surface area contributed by atoms with E-state index in [1.807, 2.05) is 6.92 Å². The maximum atomic E-state index is 12.4. The summed E-state index contributed by atoms with van der Waals surface area (Å²) in [5.41, 5.74) is 6.60. The van der Waals surface area contributed by atoms with Crippen LogP contribution in [0.15, 0.2) is 18.2 Å². The van der Waals surface area contributed by atoms with Gasteiger partial charge in [-0.1, -0.05) is 6.07 Å². The number of anilines is 1. The van der Waals surface area contributed by atoms with Gasteiger partial charge in [-0.25, -0.2) is 0 Å². The number of aryl methyl sites for hydroxylation is 1. The Morgan fingerprint density at radius 3 is 2.79 bits per heavy atom. The molecule has 0 spiro atoms. The number of phenols is 1. The van der Waals surface area contributed by atoms with E-state index in [0.29, 0.717) is 31.7 Å². The molecule has 5 heteroatoms. The summed E-state index contributed by atoms with van der Waals surface area (Å²) in [7, 11) is 0. The summed E-state index contributed by atoms with van der Waals surface area (Å²) in [5, 5.41) is 12.6. The van der Waals surface area contributed by atoms with Gasteiger partial charge in [0.1, 0.15) is 5.75 Å². The van der Waals surface area contributed by atoms with Crippen LogP contribution < -0.4 is 11.1 Å². The molecule has 0 saturated carbocycles. The number of aromatic hydroxyl groups is 1. The molecule has 104 valence electrons. The molecule has 1 aromatic rings. The summed E-state index contributed by atoms with van der Waals surface area (Å²) in [6.07, 6.45) is 1.23. The number of carbonyl (C=O) groups is 1. The van der Waals surface area contributed by atoms with Crippen LogP contribution in [0.5, 0.6) is 5.75 Å². The SMILES string of the molecule is Cc1ccc(O)c(NC(=O)C2(CN)CCOCC2)c1. The fourth-order valence-electron chi connectivity index (χ4n) is 2.29. The number of hydrogen-bond acceptors (Lipinski definition) is 4. The first-order chi connectivity index (χ1) is 9.07. The van der Waals surface area contributed by atoms with Crippen LogP contribution in [0.2, 0.25) is 0 Å². The van der Waals surface area contributed by atoms with Crippen LogP contribution in [0.1, 0.15) is 18.4 Å². The number of nitrogens with one attached hydrogen (secondary N) is 1. The zero-order valence-electron chi connectivity index (χ0n) is 11.1. The van der Waals surface area contributed by atoms with Gasteiger partial charge in [-0.15, -0.1) is 0 Å². The average molecular weight is 264 g/mol. The largest absolute Gasteiger partial charge is 0.506 e. The highest BCUT2D eigenvalue weighted by Crippen LogP contribution is 2.32. The number of amides is 1. The van der Waals surface area contributed by atoms with Crippen molar-refractivity contribution in [1.82, 2.24) is 0 Å². The fraction of sp³-hybridized carbons (Fsp3) is 0.500. The first-order valence-corrected chi connectivity index (χ1v) is 6.46. The number of benzene rings is 1. The highest BCUT2D eigenvalue weighted by Gasteiger charge is 2.39. The van der Waals surface area contributed by atoms with Crippen molar-refractivity contribution in [2.45, 2.75) is 19.8 Å². The smallest absolute Gasteiger partial charge is 0.232 e. The highest BCUT2D eigenvalue weighted by molar-refractivity contribution is 5.96. The van der Waals surface area contributed by atoms with Gasteiger partial charge < -0.3 is 20.9 Å². The molecule has 19 heavy (non-hydrogen) atoms. The van der Waals surface area contributed by atoms with Crippen molar-refractivity contribution in [3.05, 3.63) is 23.8 Å². The molecule has 1 aliphatic rings. The van der Waals surface area contributed by atoms with Crippen molar-refractivity contribution in [3.63, 3.8) is 0 Å². The monoisotopic (exact) mass is 264 g/mol. The zero-order chi connectivity index (χ0) is 13.9. The molecule has 1 saturated heterocycles. The molecule has 1 aromatic carbocycles. The number of carbonyl (C=O) groups excluding carboxylic acids is 1. The van der Waals surface area contributed by atoms with E-state index in [1.54, 1.807) is 18.2 Å². The van der Waals surface area contributed by atoms with Crippen molar-refractivity contribution < 1.29 is 14.6 Å². The average Bonchev–Trinajstić information content (AvgIpc) is 2.43. The molecule has 0 aliphatic carbocycles. The van der Waals surface area contributed by atoms with Crippen LogP contribution in [0.4, 0.5) is 5.69 Å². The summed E-state index contributed by atoms with van der Waals surface area (Å²) in [4.78, 5) is 12.4. The number of nitrogens with two attached hydrogens (primary N) is 1. The number of phenolic OH excluding ortho intramolecular Hbond substituents is 1. The minimum absolute atomic E-state index is 0.0678. The summed E-state index contributed by atoms with van der Waals surface area (Å²) in [6.45, 7) is 3.28. The van der Waals surface area contributed by atoms with Gasteiger partial charge in [-0.05, 0) is 37.5 Å². The molecule has 1 amide bonds. The molecular formula is C14H20N2O3. The normalized spacial score (nSPS) is 18.0. The molecule has 5 nitrogen and oxygen atoms in total. The van der Waals surface area contributed by atoms with Crippen molar-refractivity contribution in [3.8, 4) is 5.75 Å². The summed E-state index contributed by atoms with van der Waals surface area (Å²) >= 11 is 0. The van der Waals surface area contributed by atoms with E-state index in [4.69, 9.17) is 10.5 Å². The standard InChI is InChI=1S/C14H20N2O3/c1-10-2-3-12(17)11(8-10)16-13(18)14(9-15)4-6-19-7-5-14/h2-3,8,17H,4-7,9,15H2,1H3,(H,16,18). The highest BCUT2D eigenvalue weighted by atomic mass is 16.5. The van der Waals surface area contributed by atoms with E-state index in [9.17, 15) is 9.90 Å². The lowest BCUT2D eigenvalue weighted by Crippen LogP contribution is -2.46. The van der Waals surface area contributed by atoms with Crippen LogP contribution in [0, 0.1) is 12.3 Å². The minimum Gasteiger partial charge on any atom is -0.506 e. The second kappa shape index (κ2) is 5.59. The zero-order valence-corrected chi connectivity index (χ0v) is 11.1. The number of hydrogen-bond donors (Lipinski definition) is 3. The predicted octanol–water partition coefficient (Wildman–Crippen LogP) is 1.39. The Balaban J connectivity index is 2.17. The third-order valence-electron chi connectivity index (χ3n) is 3.72. The van der Waals surface area contributed by atoms with E-state index in [-0.39, 0.29) is 18.2 Å². The summed E-state index contributed by atoms with van der Waals surface area (Å²) in [5.74, 6) is -0.0719. The quantitative estimate of drug-likeness (QED) is 0.720. The van der Waals surface area contributed by atoms with Gasteiger partial charge in [0.15, 0.2) is 0 Å². The number of ether oxygens (including phenoxy) is 1. The van der Waals surface area contributed by atoms with Crippen molar-refractivity contribution >= 4 is 11.6 Å². The van der Waals surface area contributed by atoms with E-state index in [0.717, 1.165) is 5.56 Å². The molecule has 4 N–H and O–H groups in total. The van der Waals surface area contributed by atoms with Crippen LogP contribution in [-0.2, 0) is 9.53 Å². The second-order valence-corrected chi connectivity index (χ2v) is 5.07. The van der Waals surface area contributed by atoms with Gasteiger partial charge in [0.05, 0.1) is 11.1 Å². The minimum atomic E-state index is -0.589. The van der Waals surface area contributed by atoms with Crippen LogP contribution in [0.3, 0.4) is 0 Å². The topological polar surface area (TPSA) is 84.6 Å². The molecular weight excluding hydrogens is 244 g/mol. The Bertz CT molecular complexity index is 468. The Kier molecular flexibility index (Phi) is 4.07. The van der Waals surface area contributed by atoms with Gasteiger partial charge in [0.25, 0.3) is 0 Å². The van der Waals surface area contributed by atoms with Crippen LogP contribution in [0.25, 0.3) is 0 Å². The van der Waals surface area contributed by atoms with Crippen molar-refractivity contribution in [2.24, 2.45) is 11.1 Å². The Labute approximate surface area is 112 Å². The Morgan fingerprint density at radius 2 is 2.16 bits per heavy atom. The first kappa shape index (κ1) is 13.8. The fourth-order valence-corrected chi connectivity index (χ4v) is 2.29. The number of rotatable bonds is 3. The van der Waals surface area contributed by atoms with E-state index in [1.165, 1.54) is 0 Å². The second-order valence-electron chi connectivity index (χ2n) is 5.07. The molecule has 1 aliphatic heterocycles. The molecule has 0 atom stereocenters. The molecule has 2 rings (SSSR count). The maximum Gasteiger partial charge on any atom is 0.232 e. The lowest BCUT2D eigenvalue weighted by molar-refractivity contribution is -0.130. The van der Waals surface area contributed by atoms with Crippen molar-refractivity contribution in [1.29, 1.82) is 0 Å². The van der Waals surface area contributed by atoms with E-state index >= 15 is 0 Å². The van der Waals surface area contributed by atoms with E-state index in [2.05, 4.69) is 5.32 Å². The van der Waals surface area contributed by atoms with Crippen LogP contribution in [-0.4, -0.2) is 30.8 Å². The predicted molar refractivity (Wildman–Crippen MR) is 73.0 cm³/mol. The maximum absolute atomic E-state index is 12.4. The lowest BCUT2D eigenvalue weighted by Gasteiger charge is -2.34. The third-order valence-corrected chi connectivity index (χ3v) is 3.72. The van der Waals surface area contributed by atoms with Gasteiger partial charge in [-0.2, -0.15) is 0 Å². The molecule has 0 radical (unpaired) electrons. The third kappa shape index (κ3) is 2.88. The van der Waals surface area contributed by atoms with Crippen molar-refractivity contribution in [2.75, 3.05) is 25.1 Å².